The second-order valence-electron chi connectivity index (χ2n) is 3.19. The quantitative estimate of drug-likeness (QED) is 0.671. The van der Waals surface area contributed by atoms with Crippen molar-refractivity contribution in [1.29, 1.82) is 0 Å². The molecule has 3 N–H and O–H groups in total. The van der Waals surface area contributed by atoms with Gasteiger partial charge < -0.3 is 15.4 Å². The molecule has 0 spiro atoms. The maximum absolute atomic E-state index is 9.11. The number of aromatic amines is 1. The van der Waals surface area contributed by atoms with Gasteiger partial charge in [-0.2, -0.15) is 0 Å². The molecule has 0 atom stereocenters. The molecule has 14 heavy (non-hydrogen) atoms. The van der Waals surface area contributed by atoms with E-state index in [1.165, 1.54) is 0 Å². The van der Waals surface area contributed by atoms with Crippen molar-refractivity contribution in [1.82, 2.24) is 15.3 Å². The Bertz CT molecular complexity index is 436. The molecule has 0 saturated heterocycles. The summed E-state index contributed by atoms with van der Waals surface area (Å²) >= 11 is 0. The van der Waals surface area contributed by atoms with Gasteiger partial charge in [-0.05, 0) is 13.1 Å². The zero-order chi connectivity index (χ0) is 9.97. The molecule has 4 nitrogen and oxygen atoms in total. The first kappa shape index (κ1) is 9.18. The number of nitrogens with one attached hydrogen (secondary N) is 2. The van der Waals surface area contributed by atoms with Crippen LogP contribution < -0.4 is 5.32 Å². The minimum Gasteiger partial charge on any atom is -0.392 e. The van der Waals surface area contributed by atoms with Crippen LogP contribution in [0.4, 0.5) is 0 Å². The first-order valence-corrected chi connectivity index (χ1v) is 4.57. The summed E-state index contributed by atoms with van der Waals surface area (Å²) in [5, 5.41) is 12.1. The fraction of sp³-hybridized carbons (Fsp3) is 0.300. The molecule has 0 unspecified atom stereocenters. The Kier molecular flexibility index (Phi) is 2.47. The van der Waals surface area contributed by atoms with Crippen LogP contribution in [0.5, 0.6) is 0 Å². The van der Waals surface area contributed by atoms with Crippen molar-refractivity contribution in [2.24, 2.45) is 0 Å². The average Bonchev–Trinajstić information content (AvgIpc) is 2.60. The highest BCUT2D eigenvalue weighted by molar-refractivity contribution is 5.78. The number of aliphatic hydroxyl groups excluding tert-OH is 1. The molecule has 1 aromatic carbocycles. The molecular weight excluding hydrogens is 178 g/mol. The van der Waals surface area contributed by atoms with Crippen molar-refractivity contribution in [2.75, 3.05) is 7.05 Å². The molecule has 2 rings (SSSR count). The van der Waals surface area contributed by atoms with Crippen LogP contribution >= 0.6 is 0 Å². The molecular formula is C10H13N3O. The Hall–Kier alpha value is -1.39. The molecule has 4 heteroatoms. The van der Waals surface area contributed by atoms with Gasteiger partial charge in [0, 0.05) is 5.56 Å². The van der Waals surface area contributed by atoms with E-state index in [1.807, 2.05) is 25.2 Å². The van der Waals surface area contributed by atoms with Gasteiger partial charge in [0.1, 0.15) is 5.82 Å². The average molecular weight is 191 g/mol. The predicted octanol–water partition coefficient (Wildman–Crippen LogP) is 0.775. The summed E-state index contributed by atoms with van der Waals surface area (Å²) < 4.78 is 0. The Morgan fingerprint density at radius 2 is 2.36 bits per heavy atom. The molecule has 1 aromatic heterocycles. The third-order valence-corrected chi connectivity index (χ3v) is 2.16. The monoisotopic (exact) mass is 191 g/mol. The molecule has 1 heterocycles. The number of benzene rings is 1. The van der Waals surface area contributed by atoms with Crippen molar-refractivity contribution in [3.05, 3.63) is 29.6 Å². The maximum atomic E-state index is 9.11. The Labute approximate surface area is 82.0 Å². The summed E-state index contributed by atoms with van der Waals surface area (Å²) in [6, 6.07) is 5.75. The van der Waals surface area contributed by atoms with Gasteiger partial charge in [0.2, 0.25) is 0 Å². The number of H-pyrrole nitrogens is 1. The van der Waals surface area contributed by atoms with Crippen LogP contribution in [0.25, 0.3) is 11.0 Å². The maximum Gasteiger partial charge on any atom is 0.121 e. The minimum absolute atomic E-state index is 0.0290. The largest absolute Gasteiger partial charge is 0.392 e. The number of hydrogen-bond donors (Lipinski definition) is 3. The van der Waals surface area contributed by atoms with E-state index in [0.717, 1.165) is 22.4 Å². The van der Waals surface area contributed by atoms with Gasteiger partial charge in [0.05, 0.1) is 24.2 Å². The van der Waals surface area contributed by atoms with Crippen LogP contribution in [0.15, 0.2) is 18.2 Å². The normalized spacial score (nSPS) is 11.0. The second-order valence-corrected chi connectivity index (χ2v) is 3.19. The number of para-hydroxylation sites is 1. The van der Waals surface area contributed by atoms with Crippen LogP contribution in [0, 0.1) is 0 Å². The summed E-state index contributed by atoms with van der Waals surface area (Å²) in [5.41, 5.74) is 2.70. The lowest BCUT2D eigenvalue weighted by Crippen LogP contribution is -2.06. The predicted molar refractivity (Wildman–Crippen MR) is 54.8 cm³/mol. The molecule has 0 aliphatic rings. The summed E-state index contributed by atoms with van der Waals surface area (Å²) in [6.45, 7) is 0.737. The standard InChI is InChI=1S/C10H13N3O/c1-11-5-9-12-8-4-2-3-7(6-14)10(8)13-9/h2-4,11,14H,5-6H2,1H3,(H,12,13). The van der Waals surface area contributed by atoms with E-state index < -0.39 is 0 Å². The van der Waals surface area contributed by atoms with E-state index in [4.69, 9.17) is 5.11 Å². The van der Waals surface area contributed by atoms with Crippen LogP contribution in [-0.2, 0) is 13.2 Å². The SMILES string of the molecule is CNCc1nc2c(CO)cccc2[nH]1. The number of imidazole rings is 1. The van der Waals surface area contributed by atoms with Gasteiger partial charge in [0.15, 0.2) is 0 Å². The van der Waals surface area contributed by atoms with Crippen molar-refractivity contribution < 1.29 is 5.11 Å². The zero-order valence-corrected chi connectivity index (χ0v) is 8.04. The third-order valence-electron chi connectivity index (χ3n) is 2.16. The number of aromatic nitrogens is 2. The van der Waals surface area contributed by atoms with Gasteiger partial charge >= 0.3 is 0 Å². The minimum atomic E-state index is 0.0290. The number of fused-ring (bicyclic) bond motifs is 1. The molecule has 0 aliphatic heterocycles. The number of aliphatic hydroxyl groups is 1. The van der Waals surface area contributed by atoms with E-state index in [2.05, 4.69) is 15.3 Å². The molecule has 0 bridgehead atoms. The van der Waals surface area contributed by atoms with Gasteiger partial charge in [-0.3, -0.25) is 0 Å². The number of nitrogens with zero attached hydrogens (tertiary/aromatic N) is 1. The van der Waals surface area contributed by atoms with E-state index >= 15 is 0 Å². The first-order valence-electron chi connectivity index (χ1n) is 4.57. The number of hydrogen-bond acceptors (Lipinski definition) is 3. The van der Waals surface area contributed by atoms with Crippen LogP contribution in [-0.4, -0.2) is 22.1 Å². The van der Waals surface area contributed by atoms with Crippen molar-refractivity contribution in [2.45, 2.75) is 13.2 Å². The van der Waals surface area contributed by atoms with Crippen molar-refractivity contribution >= 4 is 11.0 Å². The van der Waals surface area contributed by atoms with Gasteiger partial charge in [-0.1, -0.05) is 12.1 Å². The van der Waals surface area contributed by atoms with Gasteiger partial charge in [-0.15, -0.1) is 0 Å². The van der Waals surface area contributed by atoms with E-state index in [-0.39, 0.29) is 6.61 Å². The lowest BCUT2D eigenvalue weighted by molar-refractivity contribution is 0.283. The van der Waals surface area contributed by atoms with Gasteiger partial charge in [0.25, 0.3) is 0 Å². The van der Waals surface area contributed by atoms with E-state index in [1.54, 1.807) is 0 Å². The summed E-state index contributed by atoms with van der Waals surface area (Å²) in [6.07, 6.45) is 0. The molecule has 74 valence electrons. The summed E-state index contributed by atoms with van der Waals surface area (Å²) in [5.74, 6) is 0.892. The van der Waals surface area contributed by atoms with Crippen LogP contribution in [0.2, 0.25) is 0 Å². The van der Waals surface area contributed by atoms with Crippen molar-refractivity contribution in [3.8, 4) is 0 Å². The Morgan fingerprint density at radius 3 is 3.07 bits per heavy atom. The fourth-order valence-electron chi connectivity index (χ4n) is 1.52. The fourth-order valence-corrected chi connectivity index (χ4v) is 1.52. The first-order chi connectivity index (χ1) is 6.85. The highest BCUT2D eigenvalue weighted by atomic mass is 16.3. The van der Waals surface area contributed by atoms with E-state index in [0.29, 0.717) is 6.54 Å². The Morgan fingerprint density at radius 1 is 1.50 bits per heavy atom. The highest BCUT2D eigenvalue weighted by Crippen LogP contribution is 2.16. The van der Waals surface area contributed by atoms with Crippen LogP contribution in [0.3, 0.4) is 0 Å². The molecule has 0 saturated carbocycles. The van der Waals surface area contributed by atoms with E-state index in [9.17, 15) is 0 Å². The van der Waals surface area contributed by atoms with Gasteiger partial charge in [-0.25, -0.2) is 4.98 Å². The molecule has 0 radical (unpaired) electrons. The lowest BCUT2D eigenvalue weighted by atomic mass is 10.2. The topological polar surface area (TPSA) is 60.9 Å². The number of rotatable bonds is 3. The smallest absolute Gasteiger partial charge is 0.121 e. The van der Waals surface area contributed by atoms with Crippen molar-refractivity contribution in [3.63, 3.8) is 0 Å². The molecule has 2 aromatic rings. The molecule has 0 aliphatic carbocycles. The highest BCUT2D eigenvalue weighted by Gasteiger charge is 2.05. The lowest BCUT2D eigenvalue weighted by Gasteiger charge is -1.94. The Balaban J connectivity index is 2.52. The second kappa shape index (κ2) is 3.77. The summed E-state index contributed by atoms with van der Waals surface area (Å²) in [4.78, 5) is 7.58. The third kappa shape index (κ3) is 1.49. The molecule has 0 amide bonds. The zero-order valence-electron chi connectivity index (χ0n) is 8.04. The molecule has 0 fully saturated rings. The van der Waals surface area contributed by atoms with Crippen LogP contribution in [0.1, 0.15) is 11.4 Å². The summed E-state index contributed by atoms with van der Waals surface area (Å²) in [7, 11) is 1.88.